The van der Waals surface area contributed by atoms with Gasteiger partial charge in [-0.25, -0.2) is 0 Å². The summed E-state index contributed by atoms with van der Waals surface area (Å²) >= 11 is 0. The summed E-state index contributed by atoms with van der Waals surface area (Å²) in [5, 5.41) is 5.99. The van der Waals surface area contributed by atoms with Gasteiger partial charge in [0.25, 0.3) is 0 Å². The van der Waals surface area contributed by atoms with Crippen LogP contribution in [0.25, 0.3) is 0 Å². The number of carbonyl (C=O) groups excluding carboxylic acids is 1. The lowest BCUT2D eigenvalue weighted by Gasteiger charge is -2.11. The maximum Gasteiger partial charge on any atom is 0.243 e. The van der Waals surface area contributed by atoms with Crippen molar-refractivity contribution in [3.8, 4) is 11.5 Å². The molecule has 0 unspecified atom stereocenters. The quantitative estimate of drug-likeness (QED) is 0.396. The van der Waals surface area contributed by atoms with Gasteiger partial charge in [0.2, 0.25) is 5.91 Å². The molecule has 164 valence electrons. The van der Waals surface area contributed by atoms with E-state index in [0.29, 0.717) is 13.2 Å². The Labute approximate surface area is 179 Å². The smallest absolute Gasteiger partial charge is 0.243 e. The van der Waals surface area contributed by atoms with Crippen molar-refractivity contribution in [2.75, 3.05) is 44.1 Å². The number of hydrogen-bond acceptors (Lipinski definition) is 5. The molecule has 0 bridgehead atoms. The fourth-order valence-corrected chi connectivity index (χ4v) is 2.86. The van der Waals surface area contributed by atoms with Crippen molar-refractivity contribution in [2.24, 2.45) is 0 Å². The van der Waals surface area contributed by atoms with Crippen LogP contribution in [0.1, 0.15) is 39.0 Å². The highest BCUT2D eigenvalue weighted by atomic mass is 16.5. The van der Waals surface area contributed by atoms with Crippen molar-refractivity contribution in [2.45, 2.75) is 39.0 Å². The molecule has 2 aromatic carbocycles. The molecule has 2 N–H and O–H groups in total. The molecule has 0 aliphatic rings. The Morgan fingerprint density at radius 1 is 0.833 bits per heavy atom. The third kappa shape index (κ3) is 9.65. The van der Waals surface area contributed by atoms with Crippen molar-refractivity contribution >= 4 is 17.3 Å². The average Bonchev–Trinajstić information content (AvgIpc) is 2.76. The molecule has 1 amide bonds. The van der Waals surface area contributed by atoms with E-state index in [1.165, 1.54) is 25.7 Å². The molecule has 30 heavy (non-hydrogen) atoms. The highest BCUT2D eigenvalue weighted by molar-refractivity contribution is 5.93. The fraction of sp³-hybridized carbons (Fsp3) is 0.458. The van der Waals surface area contributed by atoms with Crippen LogP contribution in [0.2, 0.25) is 0 Å². The third-order valence-electron chi connectivity index (χ3n) is 4.50. The molecule has 6 nitrogen and oxygen atoms in total. The molecule has 0 aliphatic carbocycles. The first-order chi connectivity index (χ1) is 14.7. The Bertz CT molecular complexity index is 734. The van der Waals surface area contributed by atoms with E-state index in [1.807, 2.05) is 48.5 Å². The summed E-state index contributed by atoms with van der Waals surface area (Å²) in [6.45, 7) is 4.12. The number of rotatable bonds is 15. The molecule has 2 aromatic rings. The topological polar surface area (TPSA) is 68.8 Å². The minimum atomic E-state index is -0.120. The van der Waals surface area contributed by atoms with E-state index in [1.54, 1.807) is 7.11 Å². The van der Waals surface area contributed by atoms with Crippen LogP contribution in [-0.2, 0) is 9.53 Å². The maximum atomic E-state index is 12.2. The number of carbonyl (C=O) groups is 1. The minimum absolute atomic E-state index is 0.120. The Morgan fingerprint density at radius 2 is 1.60 bits per heavy atom. The standard InChI is InChI=1S/C24H34N2O4/c1-3-4-5-6-7-15-29-22-13-11-20(12-14-22)26-24(27)19-25-21-9-8-10-23(18-21)30-17-16-28-2/h8-14,18,25H,3-7,15-17,19H2,1-2H3,(H,26,27). The zero-order chi connectivity index (χ0) is 21.4. The summed E-state index contributed by atoms with van der Waals surface area (Å²) in [5.74, 6) is 1.44. The van der Waals surface area contributed by atoms with Gasteiger partial charge in [-0.2, -0.15) is 0 Å². The van der Waals surface area contributed by atoms with Gasteiger partial charge in [-0.15, -0.1) is 0 Å². The van der Waals surface area contributed by atoms with Gasteiger partial charge in [0.05, 0.1) is 19.8 Å². The lowest BCUT2D eigenvalue weighted by molar-refractivity contribution is -0.114. The number of hydrogen-bond donors (Lipinski definition) is 2. The Kier molecular flexibility index (Phi) is 11.2. The molecular weight excluding hydrogens is 380 g/mol. The fourth-order valence-electron chi connectivity index (χ4n) is 2.86. The number of amides is 1. The van der Waals surface area contributed by atoms with Crippen LogP contribution in [0.4, 0.5) is 11.4 Å². The highest BCUT2D eigenvalue weighted by Crippen LogP contribution is 2.18. The Morgan fingerprint density at radius 3 is 2.37 bits per heavy atom. The van der Waals surface area contributed by atoms with Crippen molar-refractivity contribution in [3.05, 3.63) is 48.5 Å². The average molecular weight is 415 g/mol. The van der Waals surface area contributed by atoms with Crippen LogP contribution < -0.4 is 20.1 Å². The predicted molar refractivity (Wildman–Crippen MR) is 122 cm³/mol. The Balaban J connectivity index is 1.69. The van der Waals surface area contributed by atoms with Crippen LogP contribution in [0, 0.1) is 0 Å². The van der Waals surface area contributed by atoms with Gasteiger partial charge in [0, 0.05) is 24.6 Å². The number of nitrogens with one attached hydrogen (secondary N) is 2. The zero-order valence-corrected chi connectivity index (χ0v) is 18.1. The first-order valence-corrected chi connectivity index (χ1v) is 10.7. The predicted octanol–water partition coefficient (Wildman–Crippen LogP) is 5.11. The van der Waals surface area contributed by atoms with E-state index in [-0.39, 0.29) is 12.5 Å². The summed E-state index contributed by atoms with van der Waals surface area (Å²) in [6, 6.07) is 15.0. The van der Waals surface area contributed by atoms with Gasteiger partial charge in [0.15, 0.2) is 0 Å². The highest BCUT2D eigenvalue weighted by Gasteiger charge is 2.04. The molecular formula is C24H34N2O4. The van der Waals surface area contributed by atoms with Crippen LogP contribution >= 0.6 is 0 Å². The van der Waals surface area contributed by atoms with Gasteiger partial charge < -0.3 is 24.8 Å². The van der Waals surface area contributed by atoms with E-state index in [9.17, 15) is 4.79 Å². The number of ether oxygens (including phenoxy) is 3. The molecule has 0 aromatic heterocycles. The summed E-state index contributed by atoms with van der Waals surface area (Å²) in [6.07, 6.45) is 6.08. The molecule has 6 heteroatoms. The third-order valence-corrected chi connectivity index (χ3v) is 4.50. The SMILES string of the molecule is CCCCCCCOc1ccc(NC(=O)CNc2cccc(OCCOC)c2)cc1. The molecule has 0 radical (unpaired) electrons. The largest absolute Gasteiger partial charge is 0.494 e. The molecule has 0 atom stereocenters. The number of methoxy groups -OCH3 is 1. The molecule has 0 heterocycles. The van der Waals surface area contributed by atoms with Crippen LogP contribution in [-0.4, -0.2) is 39.4 Å². The van der Waals surface area contributed by atoms with Crippen molar-refractivity contribution in [1.82, 2.24) is 0 Å². The van der Waals surface area contributed by atoms with Crippen molar-refractivity contribution in [3.63, 3.8) is 0 Å². The second-order valence-corrected chi connectivity index (χ2v) is 7.06. The second-order valence-electron chi connectivity index (χ2n) is 7.06. The first kappa shape index (κ1) is 23.5. The summed E-state index contributed by atoms with van der Waals surface area (Å²) in [4.78, 5) is 12.2. The number of benzene rings is 2. The summed E-state index contributed by atoms with van der Waals surface area (Å²) < 4.78 is 16.3. The van der Waals surface area contributed by atoms with Crippen LogP contribution in [0.5, 0.6) is 11.5 Å². The Hall–Kier alpha value is -2.73. The van der Waals surface area contributed by atoms with Gasteiger partial charge >= 0.3 is 0 Å². The molecule has 0 aliphatic heterocycles. The van der Waals surface area contributed by atoms with Gasteiger partial charge in [-0.3, -0.25) is 4.79 Å². The lowest BCUT2D eigenvalue weighted by atomic mass is 10.2. The summed E-state index contributed by atoms with van der Waals surface area (Å²) in [7, 11) is 1.64. The maximum absolute atomic E-state index is 12.2. The van der Waals surface area contributed by atoms with E-state index in [4.69, 9.17) is 14.2 Å². The van der Waals surface area contributed by atoms with E-state index in [2.05, 4.69) is 17.6 Å². The van der Waals surface area contributed by atoms with E-state index < -0.39 is 0 Å². The van der Waals surface area contributed by atoms with Gasteiger partial charge in [-0.05, 0) is 42.8 Å². The molecule has 2 rings (SSSR count). The van der Waals surface area contributed by atoms with Crippen LogP contribution in [0.3, 0.4) is 0 Å². The molecule has 0 spiro atoms. The minimum Gasteiger partial charge on any atom is -0.494 e. The normalized spacial score (nSPS) is 10.5. The van der Waals surface area contributed by atoms with Crippen LogP contribution in [0.15, 0.2) is 48.5 Å². The molecule has 0 saturated heterocycles. The molecule has 0 saturated carbocycles. The van der Waals surface area contributed by atoms with E-state index >= 15 is 0 Å². The lowest BCUT2D eigenvalue weighted by Crippen LogP contribution is -2.21. The zero-order valence-electron chi connectivity index (χ0n) is 18.1. The van der Waals surface area contributed by atoms with Gasteiger partial charge in [0.1, 0.15) is 18.1 Å². The summed E-state index contributed by atoms with van der Waals surface area (Å²) in [5.41, 5.74) is 1.57. The number of anilines is 2. The van der Waals surface area contributed by atoms with Crippen molar-refractivity contribution < 1.29 is 19.0 Å². The van der Waals surface area contributed by atoms with Gasteiger partial charge in [-0.1, -0.05) is 38.7 Å². The number of unbranched alkanes of at least 4 members (excludes halogenated alkanes) is 4. The van der Waals surface area contributed by atoms with E-state index in [0.717, 1.165) is 35.9 Å². The second kappa shape index (κ2) is 14.3. The van der Waals surface area contributed by atoms with Crippen molar-refractivity contribution in [1.29, 1.82) is 0 Å². The molecule has 0 fully saturated rings. The first-order valence-electron chi connectivity index (χ1n) is 10.7. The monoisotopic (exact) mass is 414 g/mol.